The van der Waals surface area contributed by atoms with E-state index in [2.05, 4.69) is 5.10 Å². The summed E-state index contributed by atoms with van der Waals surface area (Å²) in [6.45, 7) is 1.94. The Labute approximate surface area is 180 Å². The maximum Gasteiger partial charge on any atom is 0.411 e. The molecular weight excluding hydrogens is 398 g/mol. The van der Waals surface area contributed by atoms with E-state index < -0.39 is 6.09 Å². The Balaban J connectivity index is 1.54. The molecule has 0 radical (unpaired) electrons. The molecule has 0 aliphatic carbocycles. The van der Waals surface area contributed by atoms with Crippen molar-refractivity contribution in [1.29, 1.82) is 0 Å². The first kappa shape index (κ1) is 20.7. The van der Waals surface area contributed by atoms with Crippen LogP contribution in [0.4, 0.5) is 10.5 Å². The zero-order chi connectivity index (χ0) is 21.6. The molecule has 31 heavy (non-hydrogen) atoms. The molecule has 1 saturated heterocycles. The molecule has 8 nitrogen and oxygen atoms in total. The van der Waals surface area contributed by atoms with Crippen LogP contribution in [0.5, 0.6) is 11.5 Å². The minimum Gasteiger partial charge on any atom is -0.493 e. The fourth-order valence-corrected chi connectivity index (χ4v) is 3.61. The predicted molar refractivity (Wildman–Crippen MR) is 116 cm³/mol. The lowest BCUT2D eigenvalue weighted by molar-refractivity contribution is 0.138. The Bertz CT molecular complexity index is 1020. The highest BCUT2D eigenvalue weighted by molar-refractivity contribution is 5.85. The molecule has 1 N–H and O–H groups in total. The molecule has 1 fully saturated rings. The lowest BCUT2D eigenvalue weighted by Crippen LogP contribution is -2.32. The Hall–Kier alpha value is -3.52. The van der Waals surface area contributed by atoms with Crippen LogP contribution in [0.2, 0.25) is 0 Å². The third kappa shape index (κ3) is 4.80. The number of hydrogen-bond donors (Lipinski definition) is 1. The predicted octanol–water partition coefficient (Wildman–Crippen LogP) is 3.91. The van der Waals surface area contributed by atoms with Gasteiger partial charge in [0.2, 0.25) is 0 Å². The Morgan fingerprint density at radius 2 is 2.06 bits per heavy atom. The summed E-state index contributed by atoms with van der Waals surface area (Å²) in [6, 6.07) is 16.7. The Morgan fingerprint density at radius 3 is 2.77 bits per heavy atom. The number of methoxy groups -OCH3 is 1. The summed E-state index contributed by atoms with van der Waals surface area (Å²) in [6.07, 6.45) is 1.55. The zero-order valence-electron chi connectivity index (χ0n) is 17.3. The maximum atomic E-state index is 11.7. The minimum absolute atomic E-state index is 0.00376. The number of benzene rings is 2. The van der Waals surface area contributed by atoms with E-state index in [4.69, 9.17) is 14.2 Å². The van der Waals surface area contributed by atoms with Crippen LogP contribution in [0.25, 0.3) is 11.3 Å². The van der Waals surface area contributed by atoms with E-state index in [1.54, 1.807) is 30.1 Å². The van der Waals surface area contributed by atoms with E-state index in [-0.39, 0.29) is 12.6 Å². The van der Waals surface area contributed by atoms with Crippen LogP contribution in [-0.4, -0.2) is 54.0 Å². The average Bonchev–Trinajstić information content (AvgIpc) is 3.46. The molecule has 8 heteroatoms. The topological polar surface area (TPSA) is 86.1 Å². The third-order valence-electron chi connectivity index (χ3n) is 5.19. The van der Waals surface area contributed by atoms with Gasteiger partial charge in [0.25, 0.3) is 0 Å². The van der Waals surface area contributed by atoms with Crippen LogP contribution in [0, 0.1) is 0 Å². The highest BCUT2D eigenvalue weighted by Gasteiger charge is 2.20. The van der Waals surface area contributed by atoms with Crippen molar-refractivity contribution in [1.82, 2.24) is 9.78 Å². The van der Waals surface area contributed by atoms with Crippen molar-refractivity contribution in [3.05, 3.63) is 60.8 Å². The monoisotopic (exact) mass is 423 g/mol. The summed E-state index contributed by atoms with van der Waals surface area (Å²) in [5.74, 6) is 1.31. The average molecular weight is 423 g/mol. The molecule has 1 aromatic heterocycles. The first-order chi connectivity index (χ1) is 15.2. The van der Waals surface area contributed by atoms with Crippen molar-refractivity contribution in [2.75, 3.05) is 31.8 Å². The summed E-state index contributed by atoms with van der Waals surface area (Å²) in [7, 11) is 1.61. The van der Waals surface area contributed by atoms with Gasteiger partial charge in [0.05, 0.1) is 32.6 Å². The molecule has 0 bridgehead atoms. The van der Waals surface area contributed by atoms with Gasteiger partial charge in [-0.25, -0.2) is 4.79 Å². The van der Waals surface area contributed by atoms with Crippen molar-refractivity contribution >= 4 is 11.8 Å². The largest absolute Gasteiger partial charge is 0.493 e. The molecule has 2 heterocycles. The van der Waals surface area contributed by atoms with Crippen LogP contribution in [0.3, 0.4) is 0 Å². The van der Waals surface area contributed by atoms with Crippen LogP contribution >= 0.6 is 0 Å². The Morgan fingerprint density at radius 1 is 1.23 bits per heavy atom. The minimum atomic E-state index is -1.00. The molecule has 1 aliphatic heterocycles. The number of para-hydroxylation sites is 1. The number of ether oxygens (including phenoxy) is 3. The van der Waals surface area contributed by atoms with Crippen LogP contribution in [0.15, 0.2) is 60.8 Å². The van der Waals surface area contributed by atoms with Crippen LogP contribution in [-0.2, 0) is 11.3 Å². The van der Waals surface area contributed by atoms with Crippen molar-refractivity contribution in [2.45, 2.75) is 19.1 Å². The summed E-state index contributed by atoms with van der Waals surface area (Å²) >= 11 is 0. The summed E-state index contributed by atoms with van der Waals surface area (Å²) in [5.41, 5.74) is 2.41. The third-order valence-corrected chi connectivity index (χ3v) is 5.19. The van der Waals surface area contributed by atoms with Gasteiger partial charge in [0.15, 0.2) is 11.5 Å². The van der Waals surface area contributed by atoms with E-state index in [1.165, 1.54) is 4.90 Å². The molecule has 2 aromatic carbocycles. The van der Waals surface area contributed by atoms with Gasteiger partial charge in [-0.15, -0.1) is 0 Å². The van der Waals surface area contributed by atoms with Gasteiger partial charge < -0.3 is 19.3 Å². The van der Waals surface area contributed by atoms with Gasteiger partial charge in [0.1, 0.15) is 6.10 Å². The lowest BCUT2D eigenvalue weighted by Gasteiger charge is -2.20. The van der Waals surface area contributed by atoms with E-state index >= 15 is 0 Å². The standard InChI is InChI=1S/C23H25N3O5/c1-29-21-8-7-17(15-22(21)31-19-10-14-30-16-19)20-9-11-24-26(20)13-12-25(23(27)28)18-5-3-2-4-6-18/h2-9,11,15,19H,10,12-14,16H2,1H3,(H,27,28)/t19-/m1/s1. The summed E-state index contributed by atoms with van der Waals surface area (Å²) in [4.78, 5) is 13.1. The van der Waals surface area contributed by atoms with Gasteiger partial charge in [-0.3, -0.25) is 9.58 Å². The molecule has 0 spiro atoms. The number of nitrogens with zero attached hydrogens (tertiary/aromatic N) is 3. The number of carbonyl (C=O) groups is 1. The fourth-order valence-electron chi connectivity index (χ4n) is 3.61. The number of hydrogen-bond acceptors (Lipinski definition) is 5. The molecule has 1 atom stereocenters. The molecule has 4 rings (SSSR count). The molecule has 162 valence electrons. The first-order valence-electron chi connectivity index (χ1n) is 10.2. The lowest BCUT2D eigenvalue weighted by atomic mass is 10.1. The highest BCUT2D eigenvalue weighted by atomic mass is 16.6. The molecular formula is C23H25N3O5. The van der Waals surface area contributed by atoms with Gasteiger partial charge in [-0.1, -0.05) is 18.2 Å². The zero-order valence-corrected chi connectivity index (χ0v) is 17.3. The molecule has 0 saturated carbocycles. The quantitative estimate of drug-likeness (QED) is 0.591. The number of carboxylic acid groups (broad SMARTS) is 1. The van der Waals surface area contributed by atoms with E-state index in [0.29, 0.717) is 36.9 Å². The Kier molecular flexibility index (Phi) is 6.37. The maximum absolute atomic E-state index is 11.7. The second-order valence-electron chi connectivity index (χ2n) is 7.18. The first-order valence-corrected chi connectivity index (χ1v) is 10.2. The number of aromatic nitrogens is 2. The van der Waals surface area contributed by atoms with Crippen LogP contribution in [0.1, 0.15) is 6.42 Å². The molecule has 3 aromatic rings. The highest BCUT2D eigenvalue weighted by Crippen LogP contribution is 2.34. The van der Waals surface area contributed by atoms with Gasteiger partial charge in [-0.2, -0.15) is 5.10 Å². The molecule has 1 amide bonds. The molecule has 0 unspecified atom stereocenters. The normalized spacial score (nSPS) is 15.6. The van der Waals surface area contributed by atoms with E-state index in [0.717, 1.165) is 17.7 Å². The van der Waals surface area contributed by atoms with E-state index in [1.807, 2.05) is 42.5 Å². The summed E-state index contributed by atoms with van der Waals surface area (Å²) in [5, 5.41) is 14.0. The van der Waals surface area contributed by atoms with Crippen molar-refractivity contribution in [2.24, 2.45) is 0 Å². The smallest absolute Gasteiger partial charge is 0.411 e. The second kappa shape index (κ2) is 9.53. The van der Waals surface area contributed by atoms with Gasteiger partial charge in [-0.05, 0) is 36.4 Å². The van der Waals surface area contributed by atoms with Crippen molar-refractivity contribution < 1.29 is 24.1 Å². The van der Waals surface area contributed by atoms with Crippen LogP contribution < -0.4 is 14.4 Å². The number of rotatable bonds is 8. The summed E-state index contributed by atoms with van der Waals surface area (Å²) < 4.78 is 18.7. The molecule has 1 aliphatic rings. The fraction of sp³-hybridized carbons (Fsp3) is 0.304. The van der Waals surface area contributed by atoms with Gasteiger partial charge >= 0.3 is 6.09 Å². The second-order valence-corrected chi connectivity index (χ2v) is 7.18. The van der Waals surface area contributed by atoms with E-state index in [9.17, 15) is 9.90 Å². The van der Waals surface area contributed by atoms with Gasteiger partial charge in [0, 0.05) is 30.4 Å². The number of anilines is 1. The SMILES string of the molecule is COc1ccc(-c2ccnn2CCN(C(=O)O)c2ccccc2)cc1O[C@@H]1CCOC1. The number of amides is 1. The van der Waals surface area contributed by atoms with Crippen molar-refractivity contribution in [3.63, 3.8) is 0 Å². The van der Waals surface area contributed by atoms with Crippen molar-refractivity contribution in [3.8, 4) is 22.8 Å².